The topological polar surface area (TPSA) is 0 Å². The fraction of sp³-hybridized carbons (Fsp3) is 0.636. The first kappa shape index (κ1) is 11.3. The SMILES string of the molecule is CCCCCCCp1cccc1[P]. The molecule has 0 fully saturated rings. The van der Waals surface area contributed by atoms with Gasteiger partial charge in [0, 0.05) is 5.04 Å². The van der Waals surface area contributed by atoms with Gasteiger partial charge >= 0.3 is 0 Å². The average molecular weight is 212 g/mol. The monoisotopic (exact) mass is 212 g/mol. The second-order valence-electron chi connectivity index (χ2n) is 3.47. The van der Waals surface area contributed by atoms with E-state index in [1.54, 1.807) is 0 Å². The van der Waals surface area contributed by atoms with E-state index in [1.807, 2.05) is 0 Å². The molecule has 1 aromatic rings. The van der Waals surface area contributed by atoms with Crippen molar-refractivity contribution in [3.63, 3.8) is 0 Å². The van der Waals surface area contributed by atoms with Gasteiger partial charge in [-0.1, -0.05) is 38.7 Å². The first-order chi connectivity index (χ1) is 6.34. The fourth-order valence-electron chi connectivity index (χ4n) is 1.48. The maximum Gasteiger partial charge on any atom is 0.00528 e. The van der Waals surface area contributed by atoms with Gasteiger partial charge in [-0.15, -0.1) is 7.53 Å². The van der Waals surface area contributed by atoms with Crippen LogP contribution in [0.1, 0.15) is 39.0 Å². The predicted octanol–water partition coefficient (Wildman–Crippen LogP) is 4.68. The summed E-state index contributed by atoms with van der Waals surface area (Å²) in [6.07, 6.45) is 8.29. The van der Waals surface area contributed by atoms with Crippen LogP contribution in [0.4, 0.5) is 0 Å². The summed E-state index contributed by atoms with van der Waals surface area (Å²) < 4.78 is 0. The van der Waals surface area contributed by atoms with Crippen LogP contribution in [-0.2, 0) is 6.16 Å². The second kappa shape index (κ2) is 6.63. The van der Waals surface area contributed by atoms with Gasteiger partial charge in [0.1, 0.15) is 0 Å². The van der Waals surface area contributed by atoms with Crippen molar-refractivity contribution in [3.8, 4) is 0 Å². The Kier molecular flexibility index (Phi) is 5.76. The molecular weight excluding hydrogens is 194 g/mol. The molecule has 2 heteroatoms. The molecule has 72 valence electrons. The number of hydrogen-bond donors (Lipinski definition) is 0. The highest BCUT2D eigenvalue weighted by Crippen LogP contribution is 2.29. The molecule has 0 amide bonds. The molecule has 0 nitrogen and oxygen atoms in total. The van der Waals surface area contributed by atoms with Crippen LogP contribution in [0.15, 0.2) is 17.9 Å². The van der Waals surface area contributed by atoms with Crippen molar-refractivity contribution >= 4 is 21.8 Å². The molecule has 0 aliphatic carbocycles. The lowest BCUT2D eigenvalue weighted by Crippen LogP contribution is -1.83. The molecule has 13 heavy (non-hydrogen) atoms. The van der Waals surface area contributed by atoms with Crippen molar-refractivity contribution in [2.45, 2.75) is 45.2 Å². The zero-order valence-electron chi connectivity index (χ0n) is 8.37. The highest BCUT2D eigenvalue weighted by molar-refractivity contribution is 7.63. The summed E-state index contributed by atoms with van der Waals surface area (Å²) in [5.41, 5.74) is 0. The Balaban J connectivity index is 2.10. The summed E-state index contributed by atoms with van der Waals surface area (Å²) in [4.78, 5) is 0. The number of rotatable bonds is 6. The van der Waals surface area contributed by atoms with Crippen molar-refractivity contribution in [1.29, 1.82) is 0 Å². The third kappa shape index (κ3) is 4.30. The molecule has 1 heterocycles. The van der Waals surface area contributed by atoms with Crippen molar-refractivity contribution < 1.29 is 0 Å². The van der Waals surface area contributed by atoms with E-state index < -0.39 is 0 Å². The summed E-state index contributed by atoms with van der Waals surface area (Å²) in [6.45, 7) is 2.26. The van der Waals surface area contributed by atoms with Crippen LogP contribution in [0, 0.1) is 0 Å². The Bertz CT molecular complexity index is 228. The smallest absolute Gasteiger partial charge is 0.00528 e. The highest BCUT2D eigenvalue weighted by atomic mass is 31.1. The molecule has 1 rings (SSSR count). The molecule has 0 aliphatic rings. The molecule has 0 saturated heterocycles. The van der Waals surface area contributed by atoms with Crippen LogP contribution < -0.4 is 5.04 Å². The maximum absolute atomic E-state index is 4.46. The molecule has 1 aromatic heterocycles. The van der Waals surface area contributed by atoms with Gasteiger partial charge in [-0.3, -0.25) is 0 Å². The lowest BCUT2D eigenvalue weighted by molar-refractivity contribution is 0.648. The van der Waals surface area contributed by atoms with Gasteiger partial charge in [0.25, 0.3) is 0 Å². The third-order valence-electron chi connectivity index (χ3n) is 2.31. The quantitative estimate of drug-likeness (QED) is 0.474. The van der Waals surface area contributed by atoms with E-state index in [0.29, 0.717) is 0 Å². The van der Waals surface area contributed by atoms with Crippen LogP contribution in [0.25, 0.3) is 0 Å². The Morgan fingerprint density at radius 2 is 2.00 bits per heavy atom. The molecule has 2 radical (unpaired) electrons. The summed E-state index contributed by atoms with van der Waals surface area (Å²) in [5, 5.41) is 1.31. The van der Waals surface area contributed by atoms with Crippen molar-refractivity contribution in [2.24, 2.45) is 0 Å². The molecule has 0 aliphatic heterocycles. The van der Waals surface area contributed by atoms with E-state index in [4.69, 9.17) is 0 Å². The van der Waals surface area contributed by atoms with Crippen LogP contribution >= 0.6 is 16.8 Å². The third-order valence-corrected chi connectivity index (χ3v) is 5.30. The zero-order valence-corrected chi connectivity index (χ0v) is 10.2. The summed E-state index contributed by atoms with van der Waals surface area (Å²) in [7, 11) is 4.48. The summed E-state index contributed by atoms with van der Waals surface area (Å²) in [6, 6.07) is 4.29. The maximum atomic E-state index is 4.46. The Morgan fingerprint density at radius 1 is 1.23 bits per heavy atom. The number of hydrogen-bond acceptors (Lipinski definition) is 0. The second-order valence-corrected chi connectivity index (χ2v) is 6.48. The minimum absolute atomic E-state index is 0.0175. The molecule has 0 N–H and O–H groups in total. The van der Waals surface area contributed by atoms with Crippen LogP contribution in [0.3, 0.4) is 0 Å². The number of unbranched alkanes of at least 4 members (excludes halogenated alkanes) is 4. The van der Waals surface area contributed by atoms with Crippen LogP contribution in [0.2, 0.25) is 0 Å². The van der Waals surface area contributed by atoms with Crippen molar-refractivity contribution in [1.82, 2.24) is 0 Å². The predicted molar refractivity (Wildman–Crippen MR) is 64.5 cm³/mol. The van der Waals surface area contributed by atoms with Gasteiger partial charge in [0.15, 0.2) is 0 Å². The molecule has 0 aromatic carbocycles. The van der Waals surface area contributed by atoms with E-state index in [0.717, 1.165) is 0 Å². The average Bonchev–Trinajstić information content (AvgIpc) is 2.52. The highest BCUT2D eigenvalue weighted by Gasteiger charge is 1.97. The van der Waals surface area contributed by atoms with E-state index in [-0.39, 0.29) is 7.53 Å². The lowest BCUT2D eigenvalue weighted by Gasteiger charge is -2.00. The molecule has 1 atom stereocenters. The minimum atomic E-state index is 0.0175. The van der Waals surface area contributed by atoms with E-state index in [2.05, 4.69) is 34.1 Å². The minimum Gasteiger partial charge on any atom is -0.116 e. The van der Waals surface area contributed by atoms with Crippen molar-refractivity contribution in [3.05, 3.63) is 17.9 Å². The van der Waals surface area contributed by atoms with Gasteiger partial charge in [-0.2, -0.15) is 0 Å². The standard InChI is InChI=1S/C11H18P2/c1-2-3-4-5-6-9-13-10-7-8-11(13)12/h7-8,10H,2-6,9H2,1H3. The van der Waals surface area contributed by atoms with Gasteiger partial charge in [-0.05, 0) is 33.7 Å². The first-order valence-corrected chi connectivity index (χ1v) is 7.23. The van der Waals surface area contributed by atoms with Gasteiger partial charge in [0.05, 0.1) is 0 Å². The normalized spacial score (nSPS) is 12.0. The Hall–Kier alpha value is 0.210. The van der Waals surface area contributed by atoms with Gasteiger partial charge < -0.3 is 0 Å². The molecular formula is C11H18P2. The molecule has 0 bridgehead atoms. The first-order valence-electron chi connectivity index (χ1n) is 5.18. The fourth-order valence-corrected chi connectivity index (χ4v) is 3.73. The van der Waals surface area contributed by atoms with Crippen LogP contribution in [0.5, 0.6) is 0 Å². The lowest BCUT2D eigenvalue weighted by atomic mass is 10.2. The largest absolute Gasteiger partial charge is 0.116 e. The van der Waals surface area contributed by atoms with Gasteiger partial charge in [0.2, 0.25) is 0 Å². The zero-order chi connectivity index (χ0) is 9.52. The Labute approximate surface area is 85.4 Å². The number of aryl methyl sites for hydroxylation is 1. The van der Waals surface area contributed by atoms with E-state index in [9.17, 15) is 0 Å². The summed E-state index contributed by atoms with van der Waals surface area (Å²) >= 11 is 0. The summed E-state index contributed by atoms with van der Waals surface area (Å²) in [5.74, 6) is 2.33. The molecule has 0 saturated carbocycles. The van der Waals surface area contributed by atoms with Gasteiger partial charge in [-0.25, -0.2) is 0 Å². The van der Waals surface area contributed by atoms with Crippen LogP contribution in [-0.4, -0.2) is 0 Å². The molecule has 1 unspecified atom stereocenters. The Morgan fingerprint density at radius 3 is 2.62 bits per heavy atom. The van der Waals surface area contributed by atoms with E-state index >= 15 is 0 Å². The van der Waals surface area contributed by atoms with Crippen molar-refractivity contribution in [2.75, 3.05) is 0 Å². The molecule has 0 spiro atoms. The van der Waals surface area contributed by atoms with E-state index in [1.165, 1.54) is 43.3 Å².